The van der Waals surface area contributed by atoms with E-state index in [2.05, 4.69) is 6.07 Å². The van der Waals surface area contributed by atoms with Crippen LogP contribution in [0, 0.1) is 0 Å². The molecule has 0 spiro atoms. The monoisotopic (exact) mass is 351 g/mol. The first-order valence-electron chi connectivity index (χ1n) is 8.87. The maximum absolute atomic E-state index is 13.4. The summed E-state index contributed by atoms with van der Waals surface area (Å²) in [5.74, 6) is 0. The molecule has 0 atom stereocenters. The van der Waals surface area contributed by atoms with E-state index in [1.807, 2.05) is 90.5 Å². The largest absolute Gasteiger partial charge is 0.339 e. The van der Waals surface area contributed by atoms with E-state index in [0.29, 0.717) is 5.52 Å². The molecule has 0 amide bonds. The quantitative estimate of drug-likeness (QED) is 0.468. The number of aromatic nitrogens is 3. The minimum atomic E-state index is -0.116. The van der Waals surface area contributed by atoms with E-state index in [4.69, 9.17) is 5.10 Å². The molecule has 0 fully saturated rings. The zero-order valence-electron chi connectivity index (χ0n) is 14.8. The molecular formula is C23H17N3O. The number of fused-ring (bicyclic) bond motifs is 3. The van der Waals surface area contributed by atoms with E-state index >= 15 is 0 Å². The SMILES string of the molecule is Cn1c2ccccc2c2c(-c3ccccc3)nn(-c3ccccc3)c(=O)c21. The van der Waals surface area contributed by atoms with Crippen molar-refractivity contribution in [2.75, 3.05) is 0 Å². The van der Waals surface area contributed by atoms with Gasteiger partial charge in [-0.25, -0.2) is 0 Å². The standard InChI is InChI=1S/C23H17N3O/c1-25-19-15-9-8-14-18(19)20-21(16-10-4-2-5-11-16)24-26(23(27)22(20)25)17-12-6-3-7-13-17/h2-15H,1H3. The number of aryl methyl sites for hydroxylation is 1. The van der Waals surface area contributed by atoms with Gasteiger partial charge in [0.15, 0.2) is 0 Å². The van der Waals surface area contributed by atoms with Crippen LogP contribution in [0.1, 0.15) is 0 Å². The highest BCUT2D eigenvalue weighted by Crippen LogP contribution is 2.33. The molecule has 130 valence electrons. The maximum Gasteiger partial charge on any atom is 0.296 e. The van der Waals surface area contributed by atoms with Gasteiger partial charge in [-0.1, -0.05) is 66.7 Å². The lowest BCUT2D eigenvalue weighted by atomic mass is 10.1. The first-order valence-corrected chi connectivity index (χ1v) is 8.87. The second-order valence-electron chi connectivity index (χ2n) is 6.57. The number of nitrogens with zero attached hydrogens (tertiary/aromatic N) is 3. The van der Waals surface area contributed by atoms with Crippen molar-refractivity contribution < 1.29 is 0 Å². The van der Waals surface area contributed by atoms with Gasteiger partial charge in [-0.3, -0.25) is 4.79 Å². The Bertz CT molecular complexity index is 1330. The highest BCUT2D eigenvalue weighted by molar-refractivity contribution is 6.13. The lowest BCUT2D eigenvalue weighted by Crippen LogP contribution is -2.23. The molecule has 0 radical (unpaired) electrons. The lowest BCUT2D eigenvalue weighted by molar-refractivity contribution is 0.816. The van der Waals surface area contributed by atoms with Crippen LogP contribution in [-0.2, 0) is 7.05 Å². The molecule has 0 saturated carbocycles. The Morgan fingerprint density at radius 3 is 2.15 bits per heavy atom. The first-order chi connectivity index (χ1) is 13.3. The molecule has 4 heteroatoms. The van der Waals surface area contributed by atoms with Gasteiger partial charge in [-0.05, 0) is 18.2 Å². The summed E-state index contributed by atoms with van der Waals surface area (Å²) in [4.78, 5) is 13.4. The zero-order valence-corrected chi connectivity index (χ0v) is 14.8. The predicted molar refractivity (Wildman–Crippen MR) is 109 cm³/mol. The Morgan fingerprint density at radius 1 is 0.778 bits per heavy atom. The molecule has 5 aromatic rings. The fraction of sp³-hybridized carbons (Fsp3) is 0.0435. The highest BCUT2D eigenvalue weighted by Gasteiger charge is 2.20. The van der Waals surface area contributed by atoms with Gasteiger partial charge >= 0.3 is 0 Å². The predicted octanol–water partition coefficient (Wildman–Crippen LogP) is 4.54. The molecule has 0 unspecified atom stereocenters. The average Bonchev–Trinajstić information content (AvgIpc) is 3.03. The summed E-state index contributed by atoms with van der Waals surface area (Å²) in [6.07, 6.45) is 0. The normalized spacial score (nSPS) is 11.3. The van der Waals surface area contributed by atoms with Crippen molar-refractivity contribution in [3.63, 3.8) is 0 Å². The Morgan fingerprint density at radius 2 is 1.41 bits per heavy atom. The maximum atomic E-state index is 13.4. The van der Waals surface area contributed by atoms with E-state index < -0.39 is 0 Å². The second kappa shape index (κ2) is 5.95. The third kappa shape index (κ3) is 2.30. The Balaban J connectivity index is 2.02. The van der Waals surface area contributed by atoms with Crippen molar-refractivity contribution in [1.29, 1.82) is 0 Å². The van der Waals surface area contributed by atoms with Crippen LogP contribution in [0.4, 0.5) is 0 Å². The number of para-hydroxylation sites is 2. The van der Waals surface area contributed by atoms with Crippen molar-refractivity contribution in [3.05, 3.63) is 95.3 Å². The van der Waals surface area contributed by atoms with Crippen molar-refractivity contribution in [2.45, 2.75) is 0 Å². The van der Waals surface area contributed by atoms with Crippen molar-refractivity contribution in [2.24, 2.45) is 7.05 Å². The summed E-state index contributed by atoms with van der Waals surface area (Å²) >= 11 is 0. The van der Waals surface area contributed by atoms with Crippen LogP contribution < -0.4 is 5.56 Å². The third-order valence-electron chi connectivity index (χ3n) is 4.99. The van der Waals surface area contributed by atoms with Gasteiger partial charge in [0, 0.05) is 28.9 Å². The molecule has 0 N–H and O–H groups in total. The highest BCUT2D eigenvalue weighted by atomic mass is 16.1. The van der Waals surface area contributed by atoms with Crippen molar-refractivity contribution in [3.8, 4) is 16.9 Å². The van der Waals surface area contributed by atoms with Crippen LogP contribution in [0.15, 0.2) is 89.7 Å². The van der Waals surface area contributed by atoms with Crippen LogP contribution in [0.3, 0.4) is 0 Å². The molecule has 0 bridgehead atoms. The van der Waals surface area contributed by atoms with Crippen molar-refractivity contribution >= 4 is 21.8 Å². The average molecular weight is 351 g/mol. The summed E-state index contributed by atoms with van der Waals surface area (Å²) in [7, 11) is 1.94. The van der Waals surface area contributed by atoms with Crippen LogP contribution in [0.25, 0.3) is 38.8 Å². The molecule has 0 aliphatic carbocycles. The molecule has 3 aromatic carbocycles. The molecule has 4 nitrogen and oxygen atoms in total. The van der Waals surface area contributed by atoms with Crippen LogP contribution >= 0.6 is 0 Å². The molecule has 27 heavy (non-hydrogen) atoms. The Labute approximate surface area is 155 Å². The zero-order chi connectivity index (χ0) is 18.4. The third-order valence-corrected chi connectivity index (χ3v) is 4.99. The number of benzene rings is 3. The fourth-order valence-electron chi connectivity index (χ4n) is 3.72. The summed E-state index contributed by atoms with van der Waals surface area (Å²) in [5.41, 5.74) is 4.12. The van der Waals surface area contributed by atoms with Gasteiger partial charge in [0.05, 0.1) is 5.69 Å². The minimum Gasteiger partial charge on any atom is -0.339 e. The molecule has 0 saturated heterocycles. The van der Waals surface area contributed by atoms with Crippen LogP contribution in [0.5, 0.6) is 0 Å². The smallest absolute Gasteiger partial charge is 0.296 e. The van der Waals surface area contributed by atoms with Gasteiger partial charge in [-0.2, -0.15) is 9.78 Å². The number of hydrogen-bond acceptors (Lipinski definition) is 2. The van der Waals surface area contributed by atoms with Gasteiger partial charge in [0.2, 0.25) is 0 Å². The lowest BCUT2D eigenvalue weighted by Gasteiger charge is -2.10. The summed E-state index contributed by atoms with van der Waals surface area (Å²) in [5, 5.41) is 6.74. The van der Waals surface area contributed by atoms with E-state index in [1.54, 1.807) is 0 Å². The topological polar surface area (TPSA) is 39.8 Å². The number of hydrogen-bond donors (Lipinski definition) is 0. The van der Waals surface area contributed by atoms with Crippen molar-refractivity contribution in [1.82, 2.24) is 14.3 Å². The molecule has 5 rings (SSSR count). The molecule has 0 aliphatic heterocycles. The fourth-order valence-corrected chi connectivity index (χ4v) is 3.72. The van der Waals surface area contributed by atoms with Gasteiger partial charge in [0.1, 0.15) is 11.2 Å². The number of rotatable bonds is 2. The molecule has 0 aliphatic rings. The molecule has 2 heterocycles. The summed E-state index contributed by atoms with van der Waals surface area (Å²) < 4.78 is 3.48. The van der Waals surface area contributed by atoms with Gasteiger partial charge in [-0.15, -0.1) is 0 Å². The van der Waals surface area contributed by atoms with E-state index in [1.165, 1.54) is 4.68 Å². The minimum absolute atomic E-state index is 0.116. The Kier molecular flexibility index (Phi) is 3.44. The van der Waals surface area contributed by atoms with E-state index in [9.17, 15) is 4.79 Å². The second-order valence-corrected chi connectivity index (χ2v) is 6.57. The van der Waals surface area contributed by atoms with Gasteiger partial charge < -0.3 is 4.57 Å². The molecular weight excluding hydrogens is 334 g/mol. The van der Waals surface area contributed by atoms with E-state index in [0.717, 1.165) is 33.2 Å². The van der Waals surface area contributed by atoms with Gasteiger partial charge in [0.25, 0.3) is 5.56 Å². The first kappa shape index (κ1) is 15.6. The summed E-state index contributed by atoms with van der Waals surface area (Å²) in [6, 6.07) is 27.7. The Hall–Kier alpha value is -3.66. The van der Waals surface area contributed by atoms with Crippen LogP contribution in [0.2, 0.25) is 0 Å². The molecule has 2 aromatic heterocycles. The van der Waals surface area contributed by atoms with E-state index in [-0.39, 0.29) is 5.56 Å². The summed E-state index contributed by atoms with van der Waals surface area (Å²) in [6.45, 7) is 0. The van der Waals surface area contributed by atoms with Crippen LogP contribution in [-0.4, -0.2) is 14.3 Å².